The second kappa shape index (κ2) is 8.92. The van der Waals surface area contributed by atoms with Gasteiger partial charge >= 0.3 is 0 Å². The minimum absolute atomic E-state index is 0.140. The van der Waals surface area contributed by atoms with Crippen molar-refractivity contribution in [2.24, 2.45) is 0 Å². The molecule has 25 heavy (non-hydrogen) atoms. The molecule has 136 valence electrons. The number of amides is 1. The van der Waals surface area contributed by atoms with Crippen LogP contribution in [0.25, 0.3) is 10.9 Å². The Morgan fingerprint density at radius 1 is 1.36 bits per heavy atom. The Kier molecular flexibility index (Phi) is 6.90. The van der Waals surface area contributed by atoms with Crippen molar-refractivity contribution in [1.29, 1.82) is 0 Å². The van der Waals surface area contributed by atoms with E-state index in [1.807, 2.05) is 13.8 Å². The van der Waals surface area contributed by atoms with Crippen LogP contribution in [0, 0.1) is 4.77 Å². The zero-order valence-electron chi connectivity index (χ0n) is 14.9. The van der Waals surface area contributed by atoms with Gasteiger partial charge in [0.1, 0.15) is 0 Å². The van der Waals surface area contributed by atoms with Crippen LogP contribution in [0.1, 0.15) is 43.5 Å². The molecular weight excluding hydrogens is 338 g/mol. The number of nitrogens with zero attached hydrogens (tertiary/aromatic N) is 1. The number of rotatable bonds is 8. The Labute approximate surface area is 152 Å². The van der Waals surface area contributed by atoms with Crippen LogP contribution >= 0.6 is 12.2 Å². The average Bonchev–Trinajstić information content (AvgIpc) is 2.61. The maximum atomic E-state index is 12.6. The maximum Gasteiger partial charge on any atom is 0.262 e. The van der Waals surface area contributed by atoms with Crippen LogP contribution in [-0.2, 0) is 11.3 Å². The lowest BCUT2D eigenvalue weighted by molar-refractivity contribution is 0.0935. The molecule has 0 saturated carbocycles. The highest BCUT2D eigenvalue weighted by atomic mass is 32.1. The van der Waals surface area contributed by atoms with E-state index in [0.717, 1.165) is 12.8 Å². The van der Waals surface area contributed by atoms with Gasteiger partial charge in [-0.1, -0.05) is 13.8 Å². The van der Waals surface area contributed by atoms with Crippen LogP contribution in [0.4, 0.5) is 0 Å². The van der Waals surface area contributed by atoms with E-state index in [0.29, 0.717) is 40.8 Å². The third-order valence-electron chi connectivity index (χ3n) is 4.30. The third kappa shape index (κ3) is 4.55. The quantitative estimate of drug-likeness (QED) is 0.558. The van der Waals surface area contributed by atoms with Gasteiger partial charge in [0, 0.05) is 31.9 Å². The van der Waals surface area contributed by atoms with Gasteiger partial charge in [-0.25, -0.2) is 0 Å². The highest BCUT2D eigenvalue weighted by Crippen LogP contribution is 2.12. The minimum Gasteiger partial charge on any atom is -0.385 e. The highest BCUT2D eigenvalue weighted by Gasteiger charge is 2.13. The molecule has 0 atom stereocenters. The topological polar surface area (TPSA) is 76.1 Å². The van der Waals surface area contributed by atoms with E-state index in [-0.39, 0.29) is 17.5 Å². The molecule has 6 nitrogen and oxygen atoms in total. The first-order valence-corrected chi connectivity index (χ1v) is 8.99. The third-order valence-corrected chi connectivity index (χ3v) is 4.62. The number of aromatic amines is 1. The first kappa shape index (κ1) is 19.3. The summed E-state index contributed by atoms with van der Waals surface area (Å²) in [5.74, 6) is -0.140. The summed E-state index contributed by atoms with van der Waals surface area (Å²) in [7, 11) is 1.62. The maximum absolute atomic E-state index is 12.6. The molecule has 0 aliphatic rings. The van der Waals surface area contributed by atoms with E-state index in [1.54, 1.807) is 25.3 Å². The van der Waals surface area contributed by atoms with E-state index in [1.165, 1.54) is 4.57 Å². The van der Waals surface area contributed by atoms with Gasteiger partial charge in [-0.2, -0.15) is 0 Å². The highest BCUT2D eigenvalue weighted by molar-refractivity contribution is 7.71. The molecule has 1 aromatic carbocycles. The van der Waals surface area contributed by atoms with Gasteiger partial charge in [0.05, 0.1) is 10.9 Å². The number of nitrogens with one attached hydrogen (secondary N) is 2. The van der Waals surface area contributed by atoms with Crippen molar-refractivity contribution in [3.05, 3.63) is 38.9 Å². The molecule has 0 spiro atoms. The molecule has 0 bridgehead atoms. The molecule has 1 amide bonds. The monoisotopic (exact) mass is 363 g/mol. The Bertz CT molecular complexity index is 853. The van der Waals surface area contributed by atoms with Crippen LogP contribution in [0.15, 0.2) is 23.0 Å². The molecule has 2 N–H and O–H groups in total. The molecule has 1 heterocycles. The number of hydrogen-bond acceptors (Lipinski definition) is 4. The number of carbonyl (C=O) groups is 1. The molecule has 2 rings (SSSR count). The summed E-state index contributed by atoms with van der Waals surface area (Å²) in [5, 5.41) is 3.51. The Hall–Kier alpha value is -1.99. The Balaban J connectivity index is 2.35. The molecule has 7 heteroatoms. The molecule has 0 aliphatic carbocycles. The number of methoxy groups -OCH3 is 1. The normalized spacial score (nSPS) is 11.2. The van der Waals surface area contributed by atoms with Crippen molar-refractivity contribution in [2.45, 2.75) is 45.7 Å². The van der Waals surface area contributed by atoms with Crippen molar-refractivity contribution in [3.8, 4) is 0 Å². The number of benzene rings is 1. The number of carbonyl (C=O) groups excluding carboxylic acids is 1. The SMILES string of the molecule is CCC(CC)NC(=O)c1ccc2c(=O)n(CCCOC)c(=S)[nH]c2c1. The van der Waals surface area contributed by atoms with Gasteiger partial charge in [-0.3, -0.25) is 14.2 Å². The van der Waals surface area contributed by atoms with Gasteiger partial charge in [0.2, 0.25) is 0 Å². The van der Waals surface area contributed by atoms with Crippen molar-refractivity contribution >= 4 is 29.0 Å². The Morgan fingerprint density at radius 2 is 2.08 bits per heavy atom. The van der Waals surface area contributed by atoms with Crippen LogP contribution in [0.5, 0.6) is 0 Å². The minimum atomic E-state index is -0.151. The molecule has 0 aliphatic heterocycles. The smallest absolute Gasteiger partial charge is 0.262 e. The first-order chi connectivity index (χ1) is 12.0. The summed E-state index contributed by atoms with van der Waals surface area (Å²) in [4.78, 5) is 28.1. The molecule has 0 radical (unpaired) electrons. The van der Waals surface area contributed by atoms with Crippen LogP contribution in [0.3, 0.4) is 0 Å². The predicted octanol–water partition coefficient (Wildman–Crippen LogP) is 3.01. The predicted molar refractivity (Wildman–Crippen MR) is 102 cm³/mol. The largest absolute Gasteiger partial charge is 0.385 e. The number of aromatic nitrogens is 2. The van der Waals surface area contributed by atoms with Gasteiger partial charge in [0.15, 0.2) is 4.77 Å². The number of fused-ring (bicyclic) bond motifs is 1. The van der Waals surface area contributed by atoms with Gasteiger partial charge < -0.3 is 15.0 Å². The van der Waals surface area contributed by atoms with E-state index in [9.17, 15) is 9.59 Å². The summed E-state index contributed by atoms with van der Waals surface area (Å²) < 4.78 is 6.90. The lowest BCUT2D eigenvalue weighted by Gasteiger charge is -2.15. The number of ether oxygens (including phenoxy) is 1. The fourth-order valence-electron chi connectivity index (χ4n) is 2.73. The van der Waals surface area contributed by atoms with Crippen molar-refractivity contribution in [3.63, 3.8) is 0 Å². The lowest BCUT2D eigenvalue weighted by Crippen LogP contribution is -2.33. The van der Waals surface area contributed by atoms with Gasteiger partial charge in [-0.15, -0.1) is 0 Å². The standard InChI is InChI=1S/C18H25N3O3S/c1-4-13(5-2)19-16(22)12-7-8-14-15(11-12)20-18(25)21(17(14)23)9-6-10-24-3/h7-8,11,13H,4-6,9-10H2,1-3H3,(H,19,22)(H,20,25). The number of hydrogen-bond donors (Lipinski definition) is 2. The summed E-state index contributed by atoms with van der Waals surface area (Å²) in [6.45, 7) is 5.14. The van der Waals surface area contributed by atoms with E-state index in [2.05, 4.69) is 10.3 Å². The van der Waals surface area contributed by atoms with Crippen molar-refractivity contribution < 1.29 is 9.53 Å². The molecule has 0 unspecified atom stereocenters. The zero-order valence-corrected chi connectivity index (χ0v) is 15.7. The zero-order chi connectivity index (χ0) is 18.4. The molecule has 1 aromatic heterocycles. The molecule has 2 aromatic rings. The van der Waals surface area contributed by atoms with E-state index >= 15 is 0 Å². The van der Waals surface area contributed by atoms with Gasteiger partial charge in [0.25, 0.3) is 11.5 Å². The van der Waals surface area contributed by atoms with E-state index in [4.69, 9.17) is 17.0 Å². The molecular formula is C18H25N3O3S. The second-order valence-electron chi connectivity index (χ2n) is 5.98. The Morgan fingerprint density at radius 3 is 2.72 bits per heavy atom. The average molecular weight is 363 g/mol. The summed E-state index contributed by atoms with van der Waals surface area (Å²) >= 11 is 5.30. The van der Waals surface area contributed by atoms with Crippen molar-refractivity contribution in [1.82, 2.24) is 14.9 Å². The first-order valence-electron chi connectivity index (χ1n) is 8.58. The van der Waals surface area contributed by atoms with Crippen molar-refractivity contribution in [2.75, 3.05) is 13.7 Å². The number of H-pyrrole nitrogens is 1. The molecule has 0 saturated heterocycles. The van der Waals surface area contributed by atoms with Crippen LogP contribution in [-0.4, -0.2) is 35.2 Å². The van der Waals surface area contributed by atoms with Gasteiger partial charge in [-0.05, 0) is 49.7 Å². The summed E-state index contributed by atoms with van der Waals surface area (Å²) in [6.07, 6.45) is 2.46. The lowest BCUT2D eigenvalue weighted by atomic mass is 10.1. The van der Waals surface area contributed by atoms with E-state index < -0.39 is 0 Å². The second-order valence-corrected chi connectivity index (χ2v) is 6.37. The fraction of sp³-hybridized carbons (Fsp3) is 0.500. The summed E-state index contributed by atoms with van der Waals surface area (Å²) in [6, 6.07) is 5.19. The summed E-state index contributed by atoms with van der Waals surface area (Å²) in [5.41, 5.74) is 0.943. The van der Waals surface area contributed by atoms with Crippen LogP contribution in [0.2, 0.25) is 0 Å². The fourth-order valence-corrected chi connectivity index (χ4v) is 3.01. The molecule has 0 fully saturated rings. The van der Waals surface area contributed by atoms with Crippen LogP contribution < -0.4 is 10.9 Å².